The van der Waals surface area contributed by atoms with E-state index < -0.39 is 193 Å². The van der Waals surface area contributed by atoms with Crippen molar-refractivity contribution in [2.24, 2.45) is 23.7 Å². The molecular formula is C71H109F5N12O12. The number of nitrogens with one attached hydrogen (secondary N) is 3. The number of likely N-dealkylation sites (N-methyl/N-ethyl adjacent to an activating group) is 7. The molecule has 0 radical (unpaired) electrons. The molecule has 7 rings (SSSR count). The highest BCUT2D eigenvalue weighted by Gasteiger charge is 2.52. The summed E-state index contributed by atoms with van der Waals surface area (Å²) in [6.45, 7) is 6.36. The number of aliphatic hydroxyl groups excluding tert-OH is 1. The fourth-order valence-electron chi connectivity index (χ4n) is 15.8. The molecule has 6 aliphatic rings. The van der Waals surface area contributed by atoms with Gasteiger partial charge in [0, 0.05) is 69.0 Å². The normalized spacial score (nSPS) is 27.3. The molecule has 1 unspecified atom stereocenters. The lowest BCUT2D eigenvalue weighted by molar-refractivity contribution is -0.157. The van der Waals surface area contributed by atoms with Crippen LogP contribution in [0.15, 0.2) is 12.1 Å². The van der Waals surface area contributed by atoms with E-state index in [0.717, 1.165) is 72.5 Å². The number of fused-ring (bicyclic) bond motifs is 1. The summed E-state index contributed by atoms with van der Waals surface area (Å²) in [4.78, 5) is 175. The SMILES string of the molecule is CC[C@H](C)[C@@H]1NC(=O)[C@H](CC(C)C)N(C)C(=O)C[C@@H](C(O)N2CCCC2)N(C)C(=O)[C@H](C2CCCC2)N(C)C(=O)C2(CCCC2)NC(=O)[C@@H]2CCCN2C(=O)[C@H](CCc2cc(F)c(C(F)(F)F)c(F)c2)NC(=O)CN(C)C(=O)[C@H](CC2CCCCC2)N(C)C(=O)CN(C)C(=O)CN(C)C1=O. The summed E-state index contributed by atoms with van der Waals surface area (Å²) in [7, 11) is 9.88. The fraction of sp³-hybridized carbons (Fsp3) is 0.761. The number of benzene rings is 1. The summed E-state index contributed by atoms with van der Waals surface area (Å²) in [6, 6.07) is -7.88. The van der Waals surface area contributed by atoms with E-state index in [-0.39, 0.29) is 62.5 Å². The zero-order valence-corrected chi connectivity index (χ0v) is 60.4. The maximum atomic E-state index is 15.7. The number of aryl methyl sites for hydroxylation is 1. The van der Waals surface area contributed by atoms with Crippen LogP contribution >= 0.6 is 0 Å². The van der Waals surface area contributed by atoms with E-state index in [4.69, 9.17) is 0 Å². The van der Waals surface area contributed by atoms with Gasteiger partial charge in [-0.15, -0.1) is 0 Å². The Morgan fingerprint density at radius 3 is 1.77 bits per heavy atom. The Labute approximate surface area is 585 Å². The molecule has 3 saturated carbocycles. The van der Waals surface area contributed by atoms with Crippen molar-refractivity contribution in [3.8, 4) is 0 Å². The van der Waals surface area contributed by atoms with Gasteiger partial charge in [-0.2, -0.15) is 13.2 Å². The van der Waals surface area contributed by atoms with Gasteiger partial charge in [-0.1, -0.05) is 91.9 Å². The van der Waals surface area contributed by atoms with E-state index in [2.05, 4.69) is 16.0 Å². The quantitative estimate of drug-likeness (QED) is 0.200. The number of aliphatic hydroxyl groups is 1. The van der Waals surface area contributed by atoms with E-state index in [1.54, 1.807) is 11.8 Å². The molecule has 1 aromatic carbocycles. The number of hydrogen-bond donors (Lipinski definition) is 4. The number of amides is 11. The number of nitrogens with zero attached hydrogens (tertiary/aromatic N) is 9. The molecule has 560 valence electrons. The van der Waals surface area contributed by atoms with Crippen LogP contribution < -0.4 is 16.0 Å². The number of rotatable bonds is 12. The van der Waals surface area contributed by atoms with E-state index >= 15 is 32.8 Å². The van der Waals surface area contributed by atoms with Gasteiger partial charge in [0.2, 0.25) is 65.0 Å². The molecule has 1 spiro atoms. The highest BCUT2D eigenvalue weighted by atomic mass is 19.4. The molecule has 29 heteroatoms. The van der Waals surface area contributed by atoms with Crippen LogP contribution in [0, 0.1) is 35.3 Å². The lowest BCUT2D eigenvalue weighted by Crippen LogP contribution is -2.65. The molecule has 3 aliphatic heterocycles. The van der Waals surface area contributed by atoms with Crippen LogP contribution in [0.3, 0.4) is 0 Å². The lowest BCUT2D eigenvalue weighted by atomic mass is 9.84. The minimum atomic E-state index is -5.38. The largest absolute Gasteiger partial charge is 0.422 e. The standard InChI is InChI=1S/C71H109F5N12O12/c1-12-44(4)60-67(98)82(7)41-57(91)80(5)42-58(92)84(9)53(38-45-23-14-13-15-24-45)65(96)81(6)40-55(89)77-50(29-28-46-36-48(72)59(49(73)37-46)71(74,75)76)64(95)88-34-22-27-51(88)63(94)79-70(30-18-19-31-70)69(100)86(11)61(47-25-16-17-26-47)68(99)85(10)54(66(97)87-32-20-21-33-87)39-56(90)83(8)52(35-43(2)3)62(93)78-60/h36-37,43-45,47,50-54,60-61,66,97H,12-35,38-42H2,1-11H3,(H,77,89)(H,78,93)(H,79,94)/t44-,50-,51-,52-,53-,54-,60-,61-,66?/m0/s1. The number of likely N-dealkylation sites (tertiary alicyclic amines) is 1. The van der Waals surface area contributed by atoms with Gasteiger partial charge >= 0.3 is 6.18 Å². The molecule has 4 N–H and O–H groups in total. The van der Waals surface area contributed by atoms with Gasteiger partial charge in [0.25, 0.3) is 0 Å². The molecule has 9 atom stereocenters. The van der Waals surface area contributed by atoms with Crippen molar-refractivity contribution >= 4 is 65.0 Å². The topological polar surface area (TPSA) is 273 Å². The number of carbonyl (C=O) groups excluding carboxylic acids is 11. The van der Waals surface area contributed by atoms with Crippen molar-refractivity contribution in [2.45, 2.75) is 236 Å². The first kappa shape index (κ1) is 80.3. The number of carbonyl (C=O) groups is 11. The second-order valence-corrected chi connectivity index (χ2v) is 29.8. The van der Waals surface area contributed by atoms with Crippen LogP contribution in [-0.2, 0) is 65.3 Å². The number of alkyl halides is 3. The Hall–Kier alpha value is -7.04. The minimum Gasteiger partial charge on any atom is -0.376 e. The second-order valence-electron chi connectivity index (χ2n) is 29.8. The van der Waals surface area contributed by atoms with E-state index in [1.807, 2.05) is 20.8 Å². The Balaban J connectivity index is 1.28. The van der Waals surface area contributed by atoms with E-state index in [1.165, 1.54) is 73.8 Å². The van der Waals surface area contributed by atoms with Gasteiger partial charge in [0.1, 0.15) is 65.2 Å². The summed E-state index contributed by atoms with van der Waals surface area (Å²) in [6.07, 6.45) is 2.32. The van der Waals surface area contributed by atoms with Crippen molar-refractivity contribution in [3.05, 3.63) is 34.9 Å². The summed E-state index contributed by atoms with van der Waals surface area (Å²) in [5.74, 6) is -12.5. The average Bonchev–Trinajstić information content (AvgIpc) is 1.50. The first-order valence-electron chi connectivity index (χ1n) is 36.1. The third kappa shape index (κ3) is 19.6. The fourth-order valence-corrected chi connectivity index (χ4v) is 15.8. The van der Waals surface area contributed by atoms with E-state index in [0.29, 0.717) is 57.3 Å². The third-order valence-corrected chi connectivity index (χ3v) is 22.1. The summed E-state index contributed by atoms with van der Waals surface area (Å²) >= 11 is 0. The Morgan fingerprint density at radius 2 is 1.18 bits per heavy atom. The van der Waals surface area contributed by atoms with Crippen LogP contribution in [0.2, 0.25) is 0 Å². The molecular weight excluding hydrogens is 1310 g/mol. The first-order valence-corrected chi connectivity index (χ1v) is 36.1. The monoisotopic (exact) mass is 1420 g/mol. The molecule has 1 aromatic rings. The number of halogens is 5. The van der Waals surface area contributed by atoms with Crippen molar-refractivity contribution in [2.75, 3.05) is 88.6 Å². The highest BCUT2D eigenvalue weighted by Crippen LogP contribution is 2.39. The summed E-state index contributed by atoms with van der Waals surface area (Å²) in [5.41, 5.74) is -4.02. The molecule has 3 heterocycles. The Kier molecular flexibility index (Phi) is 28.3. The van der Waals surface area contributed by atoms with Crippen molar-refractivity contribution in [3.63, 3.8) is 0 Å². The lowest BCUT2D eigenvalue weighted by Gasteiger charge is -2.43. The predicted octanol–water partition coefficient (Wildman–Crippen LogP) is 5.06. The molecule has 3 saturated heterocycles. The maximum Gasteiger partial charge on any atom is 0.422 e. The van der Waals surface area contributed by atoms with Crippen LogP contribution in [-0.4, -0.2) is 257 Å². The van der Waals surface area contributed by atoms with Gasteiger partial charge in [-0.25, -0.2) is 8.78 Å². The second kappa shape index (κ2) is 35.2. The van der Waals surface area contributed by atoms with Gasteiger partial charge in [-0.3, -0.25) is 57.6 Å². The van der Waals surface area contributed by atoms with Crippen molar-refractivity contribution < 1.29 is 79.8 Å². The van der Waals surface area contributed by atoms with Crippen molar-refractivity contribution in [1.29, 1.82) is 0 Å². The van der Waals surface area contributed by atoms with Crippen LogP contribution in [0.1, 0.15) is 180 Å². The van der Waals surface area contributed by atoms with E-state index in [9.17, 15) is 47.0 Å². The maximum absolute atomic E-state index is 15.7. The predicted molar refractivity (Wildman–Crippen MR) is 360 cm³/mol. The van der Waals surface area contributed by atoms with Crippen LogP contribution in [0.4, 0.5) is 22.0 Å². The number of hydrogen-bond acceptors (Lipinski definition) is 13. The zero-order chi connectivity index (χ0) is 73.8. The van der Waals surface area contributed by atoms with Gasteiger partial charge in [0.15, 0.2) is 0 Å². The Morgan fingerprint density at radius 1 is 0.600 bits per heavy atom. The van der Waals surface area contributed by atoms with Crippen LogP contribution in [0.5, 0.6) is 0 Å². The molecule has 24 nitrogen and oxygen atoms in total. The Bertz CT molecular complexity index is 3080. The van der Waals surface area contributed by atoms with Crippen LogP contribution in [0.25, 0.3) is 0 Å². The smallest absolute Gasteiger partial charge is 0.376 e. The van der Waals surface area contributed by atoms with Gasteiger partial charge < -0.3 is 60.3 Å². The first-order chi connectivity index (χ1) is 47.1. The molecule has 100 heavy (non-hydrogen) atoms. The third-order valence-electron chi connectivity index (χ3n) is 22.1. The summed E-state index contributed by atoms with van der Waals surface area (Å²) in [5, 5.41) is 20.9. The molecule has 3 aliphatic carbocycles. The molecule has 0 aromatic heterocycles. The molecule has 0 bridgehead atoms. The average molecular weight is 1420 g/mol. The highest BCUT2D eigenvalue weighted by molar-refractivity contribution is 5.99. The minimum absolute atomic E-state index is 0.0216. The molecule has 6 fully saturated rings. The van der Waals surface area contributed by atoms with Crippen molar-refractivity contribution in [1.82, 2.24) is 60.0 Å². The zero-order valence-electron chi connectivity index (χ0n) is 60.4. The van der Waals surface area contributed by atoms with Gasteiger partial charge in [0.05, 0.1) is 32.1 Å². The summed E-state index contributed by atoms with van der Waals surface area (Å²) < 4.78 is 71.3. The molecule has 11 amide bonds. The van der Waals surface area contributed by atoms with Gasteiger partial charge in [-0.05, 0) is 118 Å².